The molecule has 3 aromatic rings. The Morgan fingerprint density at radius 3 is 2.16 bits per heavy atom. The van der Waals surface area contributed by atoms with E-state index in [-0.39, 0.29) is 11.3 Å². The van der Waals surface area contributed by atoms with Gasteiger partial charge in [-0.1, -0.05) is 43.7 Å². The fourth-order valence-corrected chi connectivity index (χ4v) is 2.99. The maximum atomic E-state index is 13.1. The Morgan fingerprint density at radius 1 is 0.906 bits per heavy atom. The zero-order chi connectivity index (χ0) is 22.9. The number of nitro benzene ring substituents is 1. The third-order valence-electron chi connectivity index (χ3n) is 4.78. The van der Waals surface area contributed by atoms with E-state index in [4.69, 9.17) is 9.47 Å². The highest BCUT2D eigenvalue weighted by Crippen LogP contribution is 2.26. The number of nitrogens with zero attached hydrogens (tertiary/aromatic N) is 1. The maximum absolute atomic E-state index is 13.1. The summed E-state index contributed by atoms with van der Waals surface area (Å²) in [5, 5.41) is 11.0. The molecule has 32 heavy (non-hydrogen) atoms. The van der Waals surface area contributed by atoms with Crippen molar-refractivity contribution in [3.05, 3.63) is 106 Å². The summed E-state index contributed by atoms with van der Waals surface area (Å²) < 4.78 is 11.2. The van der Waals surface area contributed by atoms with E-state index in [1.165, 1.54) is 24.3 Å². The molecule has 0 aromatic heterocycles. The molecule has 0 radical (unpaired) electrons. The molecule has 7 heteroatoms. The molecule has 0 aliphatic carbocycles. The number of hydrogen-bond acceptors (Lipinski definition) is 6. The molecule has 0 saturated carbocycles. The van der Waals surface area contributed by atoms with Crippen molar-refractivity contribution < 1.29 is 24.0 Å². The highest BCUT2D eigenvalue weighted by molar-refractivity contribution is 6.02. The van der Waals surface area contributed by atoms with Crippen molar-refractivity contribution in [1.29, 1.82) is 0 Å². The van der Waals surface area contributed by atoms with Gasteiger partial charge in [0.1, 0.15) is 5.75 Å². The van der Waals surface area contributed by atoms with Gasteiger partial charge >= 0.3 is 5.97 Å². The van der Waals surface area contributed by atoms with Crippen molar-refractivity contribution in [2.24, 2.45) is 0 Å². The second-order valence-electron chi connectivity index (χ2n) is 7.09. The Kier molecular flexibility index (Phi) is 7.70. The molecule has 3 rings (SSSR count). The van der Waals surface area contributed by atoms with Gasteiger partial charge in [0.15, 0.2) is 6.10 Å². The molecule has 1 atom stereocenters. The van der Waals surface area contributed by atoms with E-state index in [0.717, 1.165) is 12.8 Å². The van der Waals surface area contributed by atoms with Crippen LogP contribution in [0.4, 0.5) is 5.69 Å². The lowest BCUT2D eigenvalue weighted by Crippen LogP contribution is -2.20. The number of esters is 1. The summed E-state index contributed by atoms with van der Waals surface area (Å²) in [5.41, 5.74) is 0.853. The van der Waals surface area contributed by atoms with Crippen molar-refractivity contribution in [2.45, 2.75) is 25.9 Å². The molecule has 0 heterocycles. The summed E-state index contributed by atoms with van der Waals surface area (Å²) in [7, 11) is 0. The lowest BCUT2D eigenvalue weighted by molar-refractivity contribution is -0.384. The summed E-state index contributed by atoms with van der Waals surface area (Å²) >= 11 is 0. The van der Waals surface area contributed by atoms with Crippen molar-refractivity contribution in [1.82, 2.24) is 0 Å². The standard InChI is InChI=1S/C25H23NO6/c1-2-3-17-31-22-15-11-20(12-16-22)25(28)32-24(23(27)18-7-5-4-6-8-18)19-9-13-21(14-10-19)26(29)30/h4-16,24H,2-3,17H2,1H3/t24-/m1/s1. The van der Waals surface area contributed by atoms with Gasteiger partial charge in [-0.2, -0.15) is 0 Å². The van der Waals surface area contributed by atoms with Crippen molar-refractivity contribution in [3.8, 4) is 5.75 Å². The van der Waals surface area contributed by atoms with Gasteiger partial charge in [-0.25, -0.2) is 4.79 Å². The summed E-state index contributed by atoms with van der Waals surface area (Å²) in [6, 6.07) is 20.3. The molecular weight excluding hydrogens is 410 g/mol. The van der Waals surface area contributed by atoms with E-state index in [1.807, 2.05) is 0 Å². The summed E-state index contributed by atoms with van der Waals surface area (Å²) in [6.45, 7) is 2.66. The molecule has 0 unspecified atom stereocenters. The van der Waals surface area contributed by atoms with Crippen LogP contribution in [0, 0.1) is 10.1 Å². The van der Waals surface area contributed by atoms with Crippen LogP contribution < -0.4 is 4.74 Å². The average molecular weight is 433 g/mol. The zero-order valence-corrected chi connectivity index (χ0v) is 17.6. The lowest BCUT2D eigenvalue weighted by Gasteiger charge is -2.17. The predicted octanol–water partition coefficient (Wildman–Crippen LogP) is 5.55. The maximum Gasteiger partial charge on any atom is 0.339 e. The number of carbonyl (C=O) groups is 2. The van der Waals surface area contributed by atoms with Crippen LogP contribution in [-0.4, -0.2) is 23.3 Å². The number of nitro groups is 1. The second-order valence-corrected chi connectivity index (χ2v) is 7.09. The largest absolute Gasteiger partial charge is 0.494 e. The monoisotopic (exact) mass is 433 g/mol. The number of carbonyl (C=O) groups excluding carboxylic acids is 2. The fraction of sp³-hybridized carbons (Fsp3) is 0.200. The first kappa shape index (κ1) is 22.7. The van der Waals surface area contributed by atoms with Crippen LogP contribution in [0.2, 0.25) is 0 Å². The SMILES string of the molecule is CCCCOc1ccc(C(=O)O[C@@H](C(=O)c2ccccc2)c2ccc([N+](=O)[O-])cc2)cc1. The first-order chi connectivity index (χ1) is 15.5. The Morgan fingerprint density at radius 2 is 1.56 bits per heavy atom. The number of hydrogen-bond donors (Lipinski definition) is 0. The van der Waals surface area contributed by atoms with Crippen LogP contribution >= 0.6 is 0 Å². The van der Waals surface area contributed by atoms with Gasteiger partial charge in [-0.3, -0.25) is 14.9 Å². The molecule has 3 aromatic carbocycles. The number of benzene rings is 3. The molecule has 0 aliphatic heterocycles. The molecule has 0 saturated heterocycles. The molecule has 164 valence electrons. The zero-order valence-electron chi connectivity index (χ0n) is 17.6. The molecule has 7 nitrogen and oxygen atoms in total. The van der Waals surface area contributed by atoms with Gasteiger partial charge in [0, 0.05) is 23.3 Å². The van der Waals surface area contributed by atoms with Crippen LogP contribution in [0.3, 0.4) is 0 Å². The highest BCUT2D eigenvalue weighted by Gasteiger charge is 2.27. The Labute approximate surface area is 185 Å². The summed E-state index contributed by atoms with van der Waals surface area (Å²) in [5.74, 6) is -0.465. The minimum absolute atomic E-state index is 0.121. The van der Waals surface area contributed by atoms with Gasteiger partial charge in [-0.05, 0) is 42.8 Å². The summed E-state index contributed by atoms with van der Waals surface area (Å²) in [6.07, 6.45) is 0.706. The van der Waals surface area contributed by atoms with Crippen LogP contribution in [0.25, 0.3) is 0 Å². The molecule has 0 aliphatic rings. The van der Waals surface area contributed by atoms with E-state index in [1.54, 1.807) is 54.6 Å². The molecule has 0 N–H and O–H groups in total. The van der Waals surface area contributed by atoms with Crippen LogP contribution in [0.15, 0.2) is 78.9 Å². The smallest absolute Gasteiger partial charge is 0.339 e. The minimum atomic E-state index is -1.24. The number of Topliss-reactive ketones (excluding diaryl/α,β-unsaturated/α-hetero) is 1. The Bertz CT molecular complexity index is 1060. The third kappa shape index (κ3) is 5.78. The van der Waals surface area contributed by atoms with Gasteiger partial charge < -0.3 is 9.47 Å². The molecule has 0 amide bonds. The van der Waals surface area contributed by atoms with E-state index < -0.39 is 22.8 Å². The molecule has 0 spiro atoms. The molecule has 0 bridgehead atoms. The van der Waals surface area contributed by atoms with Gasteiger partial charge in [0.25, 0.3) is 5.69 Å². The first-order valence-corrected chi connectivity index (χ1v) is 10.3. The van der Waals surface area contributed by atoms with Crippen LogP contribution in [0.5, 0.6) is 5.75 Å². The highest BCUT2D eigenvalue weighted by atomic mass is 16.6. The average Bonchev–Trinajstić information content (AvgIpc) is 2.83. The van der Waals surface area contributed by atoms with Crippen LogP contribution in [0.1, 0.15) is 52.1 Å². The topological polar surface area (TPSA) is 95.7 Å². The molecule has 0 fully saturated rings. The Hall–Kier alpha value is -4.00. The molecular formula is C25H23NO6. The third-order valence-corrected chi connectivity index (χ3v) is 4.78. The number of unbranched alkanes of at least 4 members (excludes halogenated alkanes) is 1. The van der Waals surface area contributed by atoms with Gasteiger partial charge in [0.2, 0.25) is 5.78 Å². The normalized spacial score (nSPS) is 11.4. The van der Waals surface area contributed by atoms with Crippen molar-refractivity contribution in [2.75, 3.05) is 6.61 Å². The van der Waals surface area contributed by atoms with Gasteiger partial charge in [0.05, 0.1) is 17.1 Å². The second kappa shape index (κ2) is 10.9. The van der Waals surface area contributed by atoms with Crippen molar-refractivity contribution >= 4 is 17.4 Å². The van der Waals surface area contributed by atoms with E-state index in [9.17, 15) is 19.7 Å². The minimum Gasteiger partial charge on any atom is -0.494 e. The van der Waals surface area contributed by atoms with Gasteiger partial charge in [-0.15, -0.1) is 0 Å². The number of ketones is 1. The number of rotatable bonds is 10. The summed E-state index contributed by atoms with van der Waals surface area (Å²) in [4.78, 5) is 36.3. The quantitative estimate of drug-likeness (QED) is 0.137. The fourth-order valence-electron chi connectivity index (χ4n) is 2.99. The Balaban J connectivity index is 1.82. The predicted molar refractivity (Wildman–Crippen MR) is 119 cm³/mol. The van der Waals surface area contributed by atoms with E-state index >= 15 is 0 Å². The van der Waals surface area contributed by atoms with E-state index in [2.05, 4.69) is 6.92 Å². The number of non-ortho nitro benzene ring substituents is 1. The lowest BCUT2D eigenvalue weighted by atomic mass is 9.99. The van der Waals surface area contributed by atoms with E-state index in [0.29, 0.717) is 23.5 Å². The van der Waals surface area contributed by atoms with Crippen LogP contribution in [-0.2, 0) is 4.74 Å². The first-order valence-electron chi connectivity index (χ1n) is 10.3. The van der Waals surface area contributed by atoms with Crippen molar-refractivity contribution in [3.63, 3.8) is 0 Å². The number of ether oxygens (including phenoxy) is 2.